The number of fused-ring (bicyclic) bond motifs is 1. The lowest BCUT2D eigenvalue weighted by atomic mass is 9.65. The smallest absolute Gasteiger partial charge is 0.312 e. The van der Waals surface area contributed by atoms with Crippen LogP contribution in [-0.2, 0) is 30.3 Å². The van der Waals surface area contributed by atoms with Gasteiger partial charge in [0.1, 0.15) is 17.6 Å². The predicted octanol–water partition coefficient (Wildman–Crippen LogP) is 3.12. The van der Waals surface area contributed by atoms with Gasteiger partial charge in [0.2, 0.25) is 11.8 Å². The van der Waals surface area contributed by atoms with Gasteiger partial charge in [-0.1, -0.05) is 43.3 Å². The van der Waals surface area contributed by atoms with Gasteiger partial charge >= 0.3 is 5.97 Å². The van der Waals surface area contributed by atoms with Crippen molar-refractivity contribution in [3.05, 3.63) is 48.6 Å². The van der Waals surface area contributed by atoms with Crippen molar-refractivity contribution in [1.29, 1.82) is 0 Å². The second-order valence-corrected chi connectivity index (χ2v) is 11.8. The summed E-state index contributed by atoms with van der Waals surface area (Å²) in [7, 11) is 0. The fourth-order valence-corrected chi connectivity index (χ4v) is 7.03. The van der Waals surface area contributed by atoms with Gasteiger partial charge in [0.05, 0.1) is 30.8 Å². The number of hydrogen-bond acceptors (Lipinski definition) is 6. The van der Waals surface area contributed by atoms with Crippen LogP contribution in [0.1, 0.15) is 59.4 Å². The number of benzene rings is 1. The first-order chi connectivity index (χ1) is 18.0. The van der Waals surface area contributed by atoms with Crippen LogP contribution >= 0.6 is 0 Å². The van der Waals surface area contributed by atoms with Crippen LogP contribution in [0.2, 0.25) is 0 Å². The van der Waals surface area contributed by atoms with Crippen molar-refractivity contribution >= 4 is 17.8 Å². The van der Waals surface area contributed by atoms with Crippen LogP contribution in [-0.4, -0.2) is 81.3 Å². The molecule has 0 aromatic heterocycles. The van der Waals surface area contributed by atoms with E-state index in [1.807, 2.05) is 58.0 Å². The highest BCUT2D eigenvalue weighted by Gasteiger charge is 2.79. The Morgan fingerprint density at radius 1 is 1.26 bits per heavy atom. The Morgan fingerprint density at radius 2 is 1.95 bits per heavy atom. The standard InChI is InChI=1S/C30H42N2O6/c1-7-17-31(28(4,5)6)26(35)24-30-16-15-29(8-2,38-30)23(27(36)37-9-3)22(30)25(34)32(24)21(19-33)18-20-13-11-10-12-14-20/h7,10-14,21-24,33H,1,8-9,15-19H2,2-6H3/t21-,22+,23-,24?,29+,30?/m1/s1. The third-order valence-electron chi connectivity index (χ3n) is 8.70. The normalized spacial score (nSPS) is 30.7. The number of rotatable bonds is 10. The van der Waals surface area contributed by atoms with Crippen molar-refractivity contribution in [2.24, 2.45) is 11.8 Å². The molecular formula is C30H42N2O6. The molecule has 2 unspecified atom stereocenters. The number of hydrogen-bond donors (Lipinski definition) is 1. The van der Waals surface area contributed by atoms with Crippen LogP contribution < -0.4 is 0 Å². The number of likely N-dealkylation sites (tertiary alicyclic amines) is 1. The Kier molecular flexibility index (Phi) is 7.79. The molecule has 1 aromatic rings. The molecule has 8 nitrogen and oxygen atoms in total. The van der Waals surface area contributed by atoms with E-state index in [9.17, 15) is 19.5 Å². The van der Waals surface area contributed by atoms with Crippen molar-refractivity contribution in [3.8, 4) is 0 Å². The molecule has 3 fully saturated rings. The average molecular weight is 527 g/mol. The van der Waals surface area contributed by atoms with E-state index in [-0.39, 0.29) is 25.0 Å². The molecule has 2 bridgehead atoms. The molecule has 1 spiro atoms. The summed E-state index contributed by atoms with van der Waals surface area (Å²) >= 11 is 0. The summed E-state index contributed by atoms with van der Waals surface area (Å²) in [5, 5.41) is 10.6. The van der Waals surface area contributed by atoms with Gasteiger partial charge < -0.3 is 24.4 Å². The third-order valence-corrected chi connectivity index (χ3v) is 8.70. The van der Waals surface area contributed by atoms with Gasteiger partial charge in [0.15, 0.2) is 0 Å². The molecule has 3 heterocycles. The second kappa shape index (κ2) is 10.5. The average Bonchev–Trinajstić information content (AvgIpc) is 3.49. The van der Waals surface area contributed by atoms with Crippen LogP contribution in [0.3, 0.4) is 0 Å². The minimum Gasteiger partial charge on any atom is -0.466 e. The lowest BCUT2D eigenvalue weighted by Crippen LogP contribution is -2.62. The molecule has 8 heteroatoms. The maximum Gasteiger partial charge on any atom is 0.312 e. The van der Waals surface area contributed by atoms with Gasteiger partial charge in [-0.3, -0.25) is 14.4 Å². The first kappa shape index (κ1) is 28.3. The summed E-state index contributed by atoms with van der Waals surface area (Å²) in [4.78, 5) is 45.6. The van der Waals surface area contributed by atoms with Gasteiger partial charge in [-0.2, -0.15) is 0 Å². The van der Waals surface area contributed by atoms with Gasteiger partial charge in [-0.05, 0) is 58.9 Å². The monoisotopic (exact) mass is 526 g/mol. The van der Waals surface area contributed by atoms with Crippen LogP contribution in [0.5, 0.6) is 0 Å². The number of esters is 1. The molecule has 1 N–H and O–H groups in total. The van der Waals surface area contributed by atoms with E-state index in [4.69, 9.17) is 9.47 Å². The molecule has 208 valence electrons. The van der Waals surface area contributed by atoms with E-state index in [2.05, 4.69) is 6.58 Å². The number of aliphatic hydroxyl groups is 1. The Bertz CT molecular complexity index is 1070. The lowest BCUT2D eigenvalue weighted by molar-refractivity contribution is -0.164. The molecule has 4 rings (SSSR count). The van der Waals surface area contributed by atoms with Gasteiger partial charge in [-0.15, -0.1) is 6.58 Å². The zero-order valence-electron chi connectivity index (χ0n) is 23.3. The number of nitrogens with zero attached hydrogens (tertiary/aromatic N) is 2. The van der Waals surface area contributed by atoms with E-state index >= 15 is 0 Å². The summed E-state index contributed by atoms with van der Waals surface area (Å²) in [6.07, 6.45) is 3.62. The molecule has 3 saturated heterocycles. The van der Waals surface area contributed by atoms with Crippen LogP contribution in [0.25, 0.3) is 0 Å². The zero-order chi connectivity index (χ0) is 27.9. The summed E-state index contributed by atoms with van der Waals surface area (Å²) in [6, 6.07) is 7.96. The summed E-state index contributed by atoms with van der Waals surface area (Å²) in [5.74, 6) is -2.67. The van der Waals surface area contributed by atoms with E-state index in [1.165, 1.54) is 0 Å². The lowest BCUT2D eigenvalue weighted by Gasteiger charge is -2.43. The van der Waals surface area contributed by atoms with Crippen LogP contribution in [0.4, 0.5) is 0 Å². The molecule has 38 heavy (non-hydrogen) atoms. The molecule has 6 atom stereocenters. The fraction of sp³-hybridized carbons (Fsp3) is 0.633. The van der Waals surface area contributed by atoms with Crippen molar-refractivity contribution < 1.29 is 29.0 Å². The first-order valence-corrected chi connectivity index (χ1v) is 13.8. The molecule has 2 amide bonds. The number of aliphatic hydroxyl groups excluding tert-OH is 1. The Morgan fingerprint density at radius 3 is 2.50 bits per heavy atom. The number of carbonyl (C=O) groups is 3. The molecule has 0 saturated carbocycles. The maximum atomic E-state index is 14.5. The number of amides is 2. The summed E-state index contributed by atoms with van der Waals surface area (Å²) in [5.41, 5.74) is -1.63. The van der Waals surface area contributed by atoms with E-state index in [1.54, 1.807) is 22.8 Å². The zero-order valence-corrected chi connectivity index (χ0v) is 23.3. The highest BCUT2D eigenvalue weighted by atomic mass is 16.6. The highest BCUT2D eigenvalue weighted by Crippen LogP contribution is 2.65. The first-order valence-electron chi connectivity index (χ1n) is 13.8. The van der Waals surface area contributed by atoms with Crippen molar-refractivity contribution in [3.63, 3.8) is 0 Å². The largest absolute Gasteiger partial charge is 0.466 e. The number of ether oxygens (including phenoxy) is 2. The predicted molar refractivity (Wildman–Crippen MR) is 143 cm³/mol. The van der Waals surface area contributed by atoms with Gasteiger partial charge in [-0.25, -0.2) is 0 Å². The van der Waals surface area contributed by atoms with Crippen LogP contribution in [0.15, 0.2) is 43.0 Å². The molecular weight excluding hydrogens is 484 g/mol. The minimum absolute atomic E-state index is 0.194. The Hall–Kier alpha value is -2.71. The second-order valence-electron chi connectivity index (χ2n) is 11.8. The summed E-state index contributed by atoms with van der Waals surface area (Å²) < 4.78 is 12.3. The maximum absolute atomic E-state index is 14.5. The van der Waals surface area contributed by atoms with Crippen molar-refractivity contribution in [2.45, 2.75) is 89.1 Å². The SMILES string of the molecule is C=CCN(C(=O)C1N([C@@H](CO)Cc2ccccc2)C(=O)[C@@H]2[C@H](C(=O)OCC)[C@]3(CC)CCC12O3)C(C)(C)C. The fourth-order valence-electron chi connectivity index (χ4n) is 7.03. The molecule has 0 radical (unpaired) electrons. The summed E-state index contributed by atoms with van der Waals surface area (Å²) in [6.45, 7) is 13.5. The third kappa shape index (κ3) is 4.35. The van der Waals surface area contributed by atoms with E-state index in [0.29, 0.717) is 32.2 Å². The topological polar surface area (TPSA) is 96.4 Å². The number of carbonyl (C=O) groups excluding carboxylic acids is 3. The van der Waals surface area contributed by atoms with Crippen molar-refractivity contribution in [2.75, 3.05) is 19.8 Å². The molecule has 0 aliphatic carbocycles. The van der Waals surface area contributed by atoms with Gasteiger partial charge in [0.25, 0.3) is 0 Å². The Labute approximate surface area is 226 Å². The Balaban J connectivity index is 1.86. The minimum atomic E-state index is -1.17. The van der Waals surface area contributed by atoms with Crippen molar-refractivity contribution in [1.82, 2.24) is 9.80 Å². The van der Waals surface area contributed by atoms with Crippen LogP contribution in [0, 0.1) is 11.8 Å². The van der Waals surface area contributed by atoms with E-state index < -0.39 is 46.6 Å². The molecule has 3 aliphatic rings. The van der Waals surface area contributed by atoms with Gasteiger partial charge in [0, 0.05) is 12.1 Å². The quantitative estimate of drug-likeness (QED) is 0.372. The highest BCUT2D eigenvalue weighted by molar-refractivity contribution is 5.99. The molecule has 1 aromatic carbocycles. The van der Waals surface area contributed by atoms with E-state index in [0.717, 1.165) is 5.56 Å². The molecule has 3 aliphatic heterocycles.